The van der Waals surface area contributed by atoms with Gasteiger partial charge in [0.15, 0.2) is 0 Å². The average Bonchev–Trinajstić information content (AvgIpc) is 2.68. The lowest BCUT2D eigenvalue weighted by Crippen LogP contribution is -2.46. The molecule has 1 N–H and O–H groups in total. The second-order valence-electron chi connectivity index (χ2n) is 8.73. The first-order chi connectivity index (χ1) is 13.2. The molecule has 28 heavy (non-hydrogen) atoms. The summed E-state index contributed by atoms with van der Waals surface area (Å²) in [7, 11) is 0. The Kier molecular flexibility index (Phi) is 5.87. The molecule has 0 radical (unpaired) electrons. The number of carbonyl (C=O) groups excluding carboxylic acids is 2. The van der Waals surface area contributed by atoms with Crippen molar-refractivity contribution in [3.63, 3.8) is 0 Å². The van der Waals surface area contributed by atoms with Gasteiger partial charge in [-0.25, -0.2) is 0 Å². The Morgan fingerprint density at radius 3 is 1.96 bits per heavy atom. The number of hydrogen-bond donors (Lipinski definition) is 1. The van der Waals surface area contributed by atoms with Gasteiger partial charge < -0.3 is 10.2 Å². The number of rotatable bonds is 3. The third kappa shape index (κ3) is 4.80. The molecular weight excluding hydrogens is 348 g/mol. The van der Waals surface area contributed by atoms with Gasteiger partial charge in [0.1, 0.15) is 0 Å². The SMILES string of the molecule is Cc1ccc(C(=O)N2CCC(NC(=O)c3ccc(C(C)(C)C)cc3)CC2)cc1. The maximum absolute atomic E-state index is 12.6. The molecule has 2 aromatic rings. The fourth-order valence-corrected chi connectivity index (χ4v) is 3.50. The van der Waals surface area contributed by atoms with Crippen LogP contribution in [0, 0.1) is 6.92 Å². The van der Waals surface area contributed by atoms with Crippen LogP contribution < -0.4 is 5.32 Å². The minimum absolute atomic E-state index is 0.0382. The number of likely N-dealkylation sites (tertiary alicyclic amines) is 1. The van der Waals surface area contributed by atoms with Gasteiger partial charge in [0, 0.05) is 30.3 Å². The van der Waals surface area contributed by atoms with Crippen LogP contribution in [0.4, 0.5) is 0 Å². The Morgan fingerprint density at radius 2 is 1.43 bits per heavy atom. The lowest BCUT2D eigenvalue weighted by molar-refractivity contribution is 0.0698. The van der Waals surface area contributed by atoms with E-state index in [1.807, 2.05) is 60.4 Å². The highest BCUT2D eigenvalue weighted by atomic mass is 16.2. The molecule has 1 aliphatic heterocycles. The molecule has 4 heteroatoms. The van der Waals surface area contributed by atoms with Crippen molar-refractivity contribution in [1.82, 2.24) is 10.2 Å². The van der Waals surface area contributed by atoms with E-state index in [2.05, 4.69) is 26.1 Å². The number of nitrogens with one attached hydrogen (secondary N) is 1. The zero-order valence-corrected chi connectivity index (χ0v) is 17.3. The topological polar surface area (TPSA) is 49.4 Å². The maximum atomic E-state index is 12.6. The van der Waals surface area contributed by atoms with Crippen molar-refractivity contribution in [2.45, 2.75) is 52.0 Å². The zero-order chi connectivity index (χ0) is 20.3. The van der Waals surface area contributed by atoms with Gasteiger partial charge in [0.25, 0.3) is 11.8 Å². The highest BCUT2D eigenvalue weighted by Gasteiger charge is 2.25. The van der Waals surface area contributed by atoms with Gasteiger partial charge in [-0.1, -0.05) is 50.6 Å². The van der Waals surface area contributed by atoms with E-state index < -0.39 is 0 Å². The first-order valence-electron chi connectivity index (χ1n) is 10.0. The monoisotopic (exact) mass is 378 g/mol. The van der Waals surface area contributed by atoms with Crippen LogP contribution in [0.15, 0.2) is 48.5 Å². The van der Waals surface area contributed by atoms with Gasteiger partial charge in [-0.05, 0) is 55.0 Å². The number of amides is 2. The van der Waals surface area contributed by atoms with Crippen LogP contribution in [-0.4, -0.2) is 35.8 Å². The fraction of sp³-hybridized carbons (Fsp3) is 0.417. The van der Waals surface area contributed by atoms with E-state index in [0.29, 0.717) is 18.7 Å². The van der Waals surface area contributed by atoms with Crippen LogP contribution in [0.1, 0.15) is 65.5 Å². The summed E-state index contributed by atoms with van der Waals surface area (Å²) in [6.07, 6.45) is 1.56. The van der Waals surface area contributed by atoms with Crippen molar-refractivity contribution in [2.75, 3.05) is 13.1 Å². The lowest BCUT2D eigenvalue weighted by atomic mass is 9.86. The van der Waals surface area contributed by atoms with Gasteiger partial charge in [0.05, 0.1) is 0 Å². The van der Waals surface area contributed by atoms with E-state index in [1.54, 1.807) is 0 Å². The predicted molar refractivity (Wildman–Crippen MR) is 113 cm³/mol. The zero-order valence-electron chi connectivity index (χ0n) is 17.3. The van der Waals surface area contributed by atoms with Crippen LogP contribution in [0.25, 0.3) is 0 Å². The smallest absolute Gasteiger partial charge is 0.253 e. The number of carbonyl (C=O) groups is 2. The van der Waals surface area contributed by atoms with Gasteiger partial charge in [-0.3, -0.25) is 9.59 Å². The molecule has 1 saturated heterocycles. The Balaban J connectivity index is 1.53. The van der Waals surface area contributed by atoms with Crippen molar-refractivity contribution >= 4 is 11.8 Å². The van der Waals surface area contributed by atoms with Crippen LogP contribution >= 0.6 is 0 Å². The first-order valence-corrected chi connectivity index (χ1v) is 10.0. The lowest BCUT2D eigenvalue weighted by Gasteiger charge is -2.32. The molecule has 0 unspecified atom stereocenters. The molecule has 0 bridgehead atoms. The van der Waals surface area contributed by atoms with Crippen LogP contribution in [0.3, 0.4) is 0 Å². The Bertz CT molecular complexity index is 824. The predicted octanol–water partition coefficient (Wildman–Crippen LogP) is 4.33. The quantitative estimate of drug-likeness (QED) is 0.864. The highest BCUT2D eigenvalue weighted by molar-refractivity contribution is 5.95. The van der Waals surface area contributed by atoms with Gasteiger partial charge in [-0.2, -0.15) is 0 Å². The van der Waals surface area contributed by atoms with Crippen molar-refractivity contribution in [1.29, 1.82) is 0 Å². The summed E-state index contributed by atoms with van der Waals surface area (Å²) in [5, 5.41) is 3.12. The molecule has 2 amide bonds. The maximum Gasteiger partial charge on any atom is 0.253 e. The summed E-state index contributed by atoms with van der Waals surface area (Å²) in [4.78, 5) is 27.0. The van der Waals surface area contributed by atoms with E-state index in [1.165, 1.54) is 5.56 Å². The van der Waals surface area contributed by atoms with E-state index in [0.717, 1.165) is 24.0 Å². The average molecular weight is 379 g/mol. The van der Waals surface area contributed by atoms with Crippen molar-refractivity contribution in [3.8, 4) is 0 Å². The number of hydrogen-bond acceptors (Lipinski definition) is 2. The summed E-state index contributed by atoms with van der Waals surface area (Å²) < 4.78 is 0. The number of nitrogens with zero attached hydrogens (tertiary/aromatic N) is 1. The minimum Gasteiger partial charge on any atom is -0.349 e. The molecule has 0 aromatic heterocycles. The van der Waals surface area contributed by atoms with Crippen molar-refractivity contribution < 1.29 is 9.59 Å². The molecule has 1 heterocycles. The third-order valence-electron chi connectivity index (χ3n) is 5.43. The van der Waals surface area contributed by atoms with Crippen molar-refractivity contribution in [3.05, 3.63) is 70.8 Å². The summed E-state index contributed by atoms with van der Waals surface area (Å²) in [5.74, 6) is 0.0336. The summed E-state index contributed by atoms with van der Waals surface area (Å²) >= 11 is 0. The molecule has 0 spiro atoms. The number of benzene rings is 2. The van der Waals surface area contributed by atoms with Gasteiger partial charge in [-0.15, -0.1) is 0 Å². The molecule has 3 rings (SSSR count). The van der Waals surface area contributed by atoms with E-state index in [4.69, 9.17) is 0 Å². The highest BCUT2D eigenvalue weighted by Crippen LogP contribution is 2.22. The second-order valence-corrected chi connectivity index (χ2v) is 8.73. The molecule has 1 fully saturated rings. The molecule has 0 aliphatic carbocycles. The summed E-state index contributed by atoms with van der Waals surface area (Å²) in [6.45, 7) is 9.83. The molecule has 2 aromatic carbocycles. The minimum atomic E-state index is -0.0382. The third-order valence-corrected chi connectivity index (χ3v) is 5.43. The first kappa shape index (κ1) is 20.1. The molecular formula is C24H30N2O2. The second kappa shape index (κ2) is 8.17. The Morgan fingerprint density at radius 1 is 0.893 bits per heavy atom. The summed E-state index contributed by atoms with van der Waals surface area (Å²) in [5.41, 5.74) is 3.85. The van der Waals surface area contributed by atoms with E-state index >= 15 is 0 Å². The largest absolute Gasteiger partial charge is 0.349 e. The van der Waals surface area contributed by atoms with Crippen LogP contribution in [0.2, 0.25) is 0 Å². The summed E-state index contributed by atoms with van der Waals surface area (Å²) in [6, 6.07) is 15.6. The molecule has 0 saturated carbocycles. The molecule has 4 nitrogen and oxygen atoms in total. The standard InChI is InChI=1S/C24H30N2O2/c1-17-5-7-19(8-6-17)23(28)26-15-13-21(14-16-26)25-22(27)18-9-11-20(12-10-18)24(2,3)4/h5-12,21H,13-16H2,1-4H3,(H,25,27). The molecule has 0 atom stereocenters. The fourth-order valence-electron chi connectivity index (χ4n) is 3.50. The van der Waals surface area contributed by atoms with Crippen LogP contribution in [0.5, 0.6) is 0 Å². The van der Waals surface area contributed by atoms with Gasteiger partial charge in [0.2, 0.25) is 0 Å². The number of piperidine rings is 1. The van der Waals surface area contributed by atoms with E-state index in [9.17, 15) is 9.59 Å². The Hall–Kier alpha value is -2.62. The van der Waals surface area contributed by atoms with E-state index in [-0.39, 0.29) is 23.3 Å². The molecule has 148 valence electrons. The number of aryl methyl sites for hydroxylation is 1. The normalized spacial score (nSPS) is 15.4. The Labute approximate surface area is 167 Å². The van der Waals surface area contributed by atoms with Crippen LogP contribution in [-0.2, 0) is 5.41 Å². The van der Waals surface area contributed by atoms with Crippen molar-refractivity contribution in [2.24, 2.45) is 0 Å². The van der Waals surface area contributed by atoms with Gasteiger partial charge >= 0.3 is 0 Å². The molecule has 1 aliphatic rings.